The van der Waals surface area contributed by atoms with Crippen molar-refractivity contribution in [1.82, 2.24) is 0 Å². The van der Waals surface area contributed by atoms with Crippen LogP contribution in [0.5, 0.6) is 0 Å². The summed E-state index contributed by atoms with van der Waals surface area (Å²) in [6, 6.07) is 0. The molecule has 0 amide bonds. The fraction of sp³-hybridized carbons (Fsp3) is 0.944. The van der Waals surface area contributed by atoms with E-state index in [1.165, 1.54) is 70.6 Å². The van der Waals surface area contributed by atoms with Crippen LogP contribution in [0.1, 0.15) is 96.8 Å². The van der Waals surface area contributed by atoms with Gasteiger partial charge in [0.15, 0.2) is 0 Å². The van der Waals surface area contributed by atoms with Crippen molar-refractivity contribution in [2.45, 2.75) is 96.8 Å². The van der Waals surface area contributed by atoms with E-state index in [1.807, 2.05) is 0 Å². The smallest absolute Gasteiger partial charge is 0.305 e. The minimum Gasteiger partial charge on any atom is -0.466 e. The topological polar surface area (TPSA) is 26.3 Å². The van der Waals surface area contributed by atoms with Crippen molar-refractivity contribution in [1.29, 1.82) is 0 Å². The second kappa shape index (κ2) is 12.2. The molecule has 0 radical (unpaired) electrons. The van der Waals surface area contributed by atoms with E-state index < -0.39 is 0 Å². The summed E-state index contributed by atoms with van der Waals surface area (Å²) in [4.78, 5) is 11.6. The highest BCUT2D eigenvalue weighted by molar-refractivity contribution is 5.69. The monoisotopic (exact) mass is 282 g/mol. The quantitative estimate of drug-likeness (QED) is 0.362. The third kappa shape index (κ3) is 9.39. The summed E-state index contributed by atoms with van der Waals surface area (Å²) in [5.74, 6) is 0.816. The lowest BCUT2D eigenvalue weighted by atomic mass is 9.86. The number of rotatable bonds is 11. The van der Waals surface area contributed by atoms with Gasteiger partial charge in [-0.25, -0.2) is 0 Å². The van der Waals surface area contributed by atoms with Crippen molar-refractivity contribution in [3.8, 4) is 0 Å². The van der Waals surface area contributed by atoms with Crippen LogP contribution >= 0.6 is 0 Å². The Balaban J connectivity index is 1.84. The molecule has 1 rings (SSSR count). The molecular weight excluding hydrogens is 248 g/mol. The van der Waals surface area contributed by atoms with Crippen LogP contribution in [0.15, 0.2) is 0 Å². The summed E-state index contributed by atoms with van der Waals surface area (Å²) in [6.07, 6.45) is 17.3. The minimum absolute atomic E-state index is 0.0292. The Morgan fingerprint density at radius 3 is 2.30 bits per heavy atom. The molecule has 1 aliphatic rings. The van der Waals surface area contributed by atoms with Gasteiger partial charge in [-0.05, 0) is 18.8 Å². The van der Waals surface area contributed by atoms with Crippen LogP contribution in [0.3, 0.4) is 0 Å². The van der Waals surface area contributed by atoms with Crippen LogP contribution < -0.4 is 0 Å². The van der Waals surface area contributed by atoms with Crippen LogP contribution in [-0.4, -0.2) is 12.6 Å². The van der Waals surface area contributed by atoms with Crippen LogP contribution in [0.25, 0.3) is 0 Å². The number of esters is 1. The fourth-order valence-electron chi connectivity index (χ4n) is 3.12. The molecule has 0 aromatic carbocycles. The van der Waals surface area contributed by atoms with Crippen LogP contribution in [0.2, 0.25) is 0 Å². The average Bonchev–Trinajstić information content (AvgIpc) is 2.49. The first-order valence-electron chi connectivity index (χ1n) is 8.98. The fourth-order valence-corrected chi connectivity index (χ4v) is 3.12. The van der Waals surface area contributed by atoms with Gasteiger partial charge in [0.1, 0.15) is 0 Å². The molecule has 0 aromatic heterocycles. The number of unbranched alkanes of at least 4 members (excludes halogenated alkanes) is 6. The van der Waals surface area contributed by atoms with Gasteiger partial charge in [0.2, 0.25) is 0 Å². The van der Waals surface area contributed by atoms with E-state index in [4.69, 9.17) is 4.74 Å². The van der Waals surface area contributed by atoms with Gasteiger partial charge < -0.3 is 4.74 Å². The van der Waals surface area contributed by atoms with Crippen molar-refractivity contribution in [2.75, 3.05) is 6.61 Å². The van der Waals surface area contributed by atoms with Gasteiger partial charge in [0, 0.05) is 6.42 Å². The lowest BCUT2D eigenvalue weighted by Crippen LogP contribution is -2.11. The van der Waals surface area contributed by atoms with E-state index in [0.29, 0.717) is 13.0 Å². The Labute approximate surface area is 125 Å². The summed E-state index contributed by atoms with van der Waals surface area (Å²) >= 11 is 0. The third-order valence-corrected chi connectivity index (χ3v) is 4.49. The molecule has 2 nitrogen and oxygen atoms in total. The first-order chi connectivity index (χ1) is 9.83. The first kappa shape index (κ1) is 17.5. The zero-order valence-corrected chi connectivity index (χ0v) is 13.5. The van der Waals surface area contributed by atoms with E-state index in [1.54, 1.807) is 0 Å². The van der Waals surface area contributed by atoms with Crippen LogP contribution in [-0.2, 0) is 9.53 Å². The summed E-state index contributed by atoms with van der Waals surface area (Å²) in [5, 5.41) is 0. The number of hydrogen-bond donors (Lipinski definition) is 0. The first-order valence-corrected chi connectivity index (χ1v) is 8.98. The van der Waals surface area contributed by atoms with Crippen molar-refractivity contribution in [3.63, 3.8) is 0 Å². The van der Waals surface area contributed by atoms with E-state index in [0.717, 1.165) is 18.8 Å². The lowest BCUT2D eigenvalue weighted by molar-refractivity contribution is -0.144. The molecule has 1 saturated carbocycles. The van der Waals surface area contributed by atoms with E-state index in [2.05, 4.69) is 6.92 Å². The zero-order chi connectivity index (χ0) is 14.5. The number of carbonyl (C=O) groups is 1. The Bertz CT molecular complexity index is 232. The minimum atomic E-state index is 0.0292. The van der Waals surface area contributed by atoms with Crippen molar-refractivity contribution in [3.05, 3.63) is 0 Å². The second-order valence-corrected chi connectivity index (χ2v) is 6.38. The number of ether oxygens (including phenoxy) is 1. The molecule has 0 atom stereocenters. The van der Waals surface area contributed by atoms with Crippen LogP contribution in [0, 0.1) is 5.92 Å². The molecular formula is C18H34O2. The molecule has 1 fully saturated rings. The molecule has 118 valence electrons. The normalized spacial score (nSPS) is 16.2. The molecule has 0 saturated heterocycles. The van der Waals surface area contributed by atoms with E-state index in [-0.39, 0.29) is 5.97 Å². The van der Waals surface area contributed by atoms with Gasteiger partial charge >= 0.3 is 5.97 Å². The highest BCUT2D eigenvalue weighted by Gasteiger charge is 2.15. The molecule has 0 unspecified atom stereocenters. The van der Waals surface area contributed by atoms with Crippen LogP contribution in [0.4, 0.5) is 0 Å². The van der Waals surface area contributed by atoms with Gasteiger partial charge in [-0.1, -0.05) is 77.6 Å². The zero-order valence-electron chi connectivity index (χ0n) is 13.5. The Morgan fingerprint density at radius 1 is 0.950 bits per heavy atom. The summed E-state index contributed by atoms with van der Waals surface area (Å²) in [6.45, 7) is 2.88. The van der Waals surface area contributed by atoms with Crippen molar-refractivity contribution >= 4 is 5.97 Å². The summed E-state index contributed by atoms with van der Waals surface area (Å²) in [7, 11) is 0. The number of carbonyl (C=O) groups excluding carboxylic acids is 1. The van der Waals surface area contributed by atoms with Crippen molar-refractivity contribution in [2.24, 2.45) is 5.92 Å². The predicted octanol–water partition coefficient (Wildman–Crippen LogP) is 5.64. The molecule has 0 N–H and O–H groups in total. The highest BCUT2D eigenvalue weighted by atomic mass is 16.5. The molecule has 20 heavy (non-hydrogen) atoms. The largest absolute Gasteiger partial charge is 0.466 e. The molecule has 0 aliphatic heterocycles. The summed E-state index contributed by atoms with van der Waals surface area (Å²) < 4.78 is 5.32. The maximum atomic E-state index is 11.6. The third-order valence-electron chi connectivity index (χ3n) is 4.49. The SMILES string of the molecule is CCCCCCCCCOC(=O)CCC1CCCCC1. The molecule has 1 aliphatic carbocycles. The average molecular weight is 282 g/mol. The summed E-state index contributed by atoms with van der Waals surface area (Å²) in [5.41, 5.74) is 0. The Kier molecular flexibility index (Phi) is 10.7. The van der Waals surface area contributed by atoms with E-state index >= 15 is 0 Å². The molecule has 2 heteroatoms. The highest BCUT2D eigenvalue weighted by Crippen LogP contribution is 2.27. The molecule has 0 spiro atoms. The predicted molar refractivity (Wildman–Crippen MR) is 84.8 cm³/mol. The molecule has 0 aromatic rings. The Hall–Kier alpha value is -0.530. The molecule has 0 heterocycles. The van der Waals surface area contributed by atoms with Gasteiger partial charge in [-0.15, -0.1) is 0 Å². The molecule has 0 bridgehead atoms. The van der Waals surface area contributed by atoms with Gasteiger partial charge in [0.25, 0.3) is 0 Å². The maximum absolute atomic E-state index is 11.6. The lowest BCUT2D eigenvalue weighted by Gasteiger charge is -2.20. The van der Waals surface area contributed by atoms with Crippen molar-refractivity contribution < 1.29 is 9.53 Å². The van der Waals surface area contributed by atoms with E-state index in [9.17, 15) is 4.79 Å². The second-order valence-electron chi connectivity index (χ2n) is 6.38. The van der Waals surface area contributed by atoms with Gasteiger partial charge in [-0.3, -0.25) is 4.79 Å². The standard InChI is InChI=1S/C18H34O2/c1-2-3-4-5-6-7-11-16-20-18(19)15-14-17-12-9-8-10-13-17/h17H,2-16H2,1H3. The van der Waals surface area contributed by atoms with Gasteiger partial charge in [-0.2, -0.15) is 0 Å². The van der Waals surface area contributed by atoms with Gasteiger partial charge in [0.05, 0.1) is 6.61 Å². The number of hydrogen-bond acceptors (Lipinski definition) is 2. The maximum Gasteiger partial charge on any atom is 0.305 e. The Morgan fingerprint density at radius 2 is 1.60 bits per heavy atom.